The predicted octanol–water partition coefficient (Wildman–Crippen LogP) is 5.65. The van der Waals surface area contributed by atoms with Gasteiger partial charge in [0.25, 0.3) is 0 Å². The molecule has 4 amide bonds. The van der Waals surface area contributed by atoms with Crippen molar-refractivity contribution in [2.75, 3.05) is 23.7 Å². The van der Waals surface area contributed by atoms with Crippen LogP contribution in [0.25, 0.3) is 0 Å². The molecule has 3 aromatic carbocycles. The summed E-state index contributed by atoms with van der Waals surface area (Å²) in [7, 11) is 0. The molecule has 2 aliphatic heterocycles. The Morgan fingerprint density at radius 2 is 1.07 bits per heavy atom. The Balaban J connectivity index is 1.17. The number of hydrogen-bond acceptors (Lipinski definition) is 8. The van der Waals surface area contributed by atoms with E-state index in [1.54, 1.807) is 34.1 Å². The third-order valence-electron chi connectivity index (χ3n) is 6.81. The summed E-state index contributed by atoms with van der Waals surface area (Å²) in [5, 5.41) is 5.64. The van der Waals surface area contributed by atoms with E-state index in [-0.39, 0.29) is 36.5 Å². The molecule has 12 heteroatoms. The molecule has 0 spiro atoms. The van der Waals surface area contributed by atoms with Gasteiger partial charge in [0.05, 0.1) is 11.4 Å². The highest BCUT2D eigenvalue weighted by Gasteiger charge is 2.39. The number of benzene rings is 3. The molecule has 5 rings (SSSR count). The van der Waals surface area contributed by atoms with E-state index in [9.17, 15) is 19.2 Å². The van der Waals surface area contributed by atoms with E-state index in [0.29, 0.717) is 34.8 Å². The molecular weight excluding hydrogens is 597 g/mol. The Morgan fingerprint density at radius 1 is 0.659 bits per heavy atom. The number of para-hydroxylation sites is 2. The number of aliphatic imine (C=N–C) groups is 2. The molecule has 0 aliphatic carbocycles. The highest BCUT2D eigenvalue weighted by Crippen LogP contribution is 2.33. The van der Waals surface area contributed by atoms with Gasteiger partial charge in [0.15, 0.2) is 10.3 Å². The van der Waals surface area contributed by atoms with Crippen molar-refractivity contribution in [1.29, 1.82) is 0 Å². The van der Waals surface area contributed by atoms with Gasteiger partial charge in [-0.25, -0.2) is 9.98 Å². The number of amidine groups is 2. The van der Waals surface area contributed by atoms with E-state index >= 15 is 0 Å². The van der Waals surface area contributed by atoms with E-state index in [0.717, 1.165) is 11.4 Å². The molecule has 2 atom stereocenters. The summed E-state index contributed by atoms with van der Waals surface area (Å²) in [4.78, 5) is 64.2. The Kier molecular flexibility index (Phi) is 10.1. The SMILES string of the molecule is CCN1C(=O)[C@@H](CC(=O)Nc2cccc(NC(=O)C[C@H]3SC(=Nc4ccccc4)N(CC)C3=O)c2)SC1=Nc1ccccc1. The third-order valence-corrected chi connectivity index (χ3v) is 9.16. The summed E-state index contributed by atoms with van der Waals surface area (Å²) in [5.41, 5.74) is 2.44. The summed E-state index contributed by atoms with van der Waals surface area (Å²) >= 11 is 2.56. The van der Waals surface area contributed by atoms with E-state index in [4.69, 9.17) is 0 Å². The van der Waals surface area contributed by atoms with Gasteiger partial charge in [-0.05, 0) is 56.3 Å². The first-order chi connectivity index (χ1) is 21.3. The van der Waals surface area contributed by atoms with Crippen molar-refractivity contribution in [2.45, 2.75) is 37.2 Å². The average Bonchev–Trinajstić information content (AvgIpc) is 3.47. The zero-order chi connectivity index (χ0) is 31.1. The number of carbonyl (C=O) groups excluding carboxylic acids is 4. The van der Waals surface area contributed by atoms with Gasteiger partial charge in [-0.15, -0.1) is 0 Å². The Morgan fingerprint density at radius 3 is 1.45 bits per heavy atom. The number of rotatable bonds is 10. The standard InChI is InChI=1S/C32H32N6O4S2/c1-3-37-29(41)25(43-31(37)35-21-12-7-5-8-13-21)19-27(39)33-23-16-11-17-24(18-23)34-28(40)20-26-30(42)38(4-2)32(44-26)36-22-14-9-6-10-15-22/h5-18,25-26H,3-4,19-20H2,1-2H3,(H,33,39)(H,34,40)/t25-,26-/m1/s1. The average molecular weight is 629 g/mol. The van der Waals surface area contributed by atoms with Crippen molar-refractivity contribution in [2.24, 2.45) is 9.98 Å². The lowest BCUT2D eigenvalue weighted by Gasteiger charge is -2.14. The van der Waals surface area contributed by atoms with Crippen LogP contribution in [0.3, 0.4) is 0 Å². The van der Waals surface area contributed by atoms with Crippen molar-refractivity contribution >= 4 is 80.2 Å². The van der Waals surface area contributed by atoms with Gasteiger partial charge in [-0.1, -0.05) is 66.0 Å². The van der Waals surface area contributed by atoms with Gasteiger partial charge in [-0.3, -0.25) is 29.0 Å². The first kappa shape index (κ1) is 31.0. The number of nitrogens with one attached hydrogen (secondary N) is 2. The molecule has 2 heterocycles. The van der Waals surface area contributed by atoms with Crippen LogP contribution < -0.4 is 10.6 Å². The predicted molar refractivity (Wildman–Crippen MR) is 178 cm³/mol. The molecule has 10 nitrogen and oxygen atoms in total. The molecule has 3 aromatic rings. The van der Waals surface area contributed by atoms with Crippen molar-refractivity contribution in [3.05, 3.63) is 84.9 Å². The summed E-state index contributed by atoms with van der Waals surface area (Å²) in [6, 6.07) is 25.5. The van der Waals surface area contributed by atoms with Gasteiger partial charge >= 0.3 is 0 Å². The Labute approximate surface area is 264 Å². The number of thioether (sulfide) groups is 2. The molecule has 0 bridgehead atoms. The van der Waals surface area contributed by atoms with E-state index in [2.05, 4.69) is 20.6 Å². The lowest BCUT2D eigenvalue weighted by atomic mass is 10.2. The molecule has 2 saturated heterocycles. The van der Waals surface area contributed by atoms with Crippen LogP contribution in [0.2, 0.25) is 0 Å². The monoisotopic (exact) mass is 628 g/mol. The number of anilines is 2. The van der Waals surface area contributed by atoms with E-state index < -0.39 is 10.5 Å². The fourth-order valence-corrected chi connectivity index (χ4v) is 7.14. The van der Waals surface area contributed by atoms with Crippen molar-refractivity contribution in [1.82, 2.24) is 9.80 Å². The first-order valence-electron chi connectivity index (χ1n) is 14.3. The lowest BCUT2D eigenvalue weighted by Crippen LogP contribution is -2.33. The maximum atomic E-state index is 13.0. The van der Waals surface area contributed by atoms with E-state index in [1.165, 1.54) is 23.5 Å². The minimum absolute atomic E-state index is 0.0216. The smallest absolute Gasteiger partial charge is 0.242 e. The second kappa shape index (κ2) is 14.4. The zero-order valence-electron chi connectivity index (χ0n) is 24.3. The topological polar surface area (TPSA) is 124 Å². The minimum atomic E-state index is -0.584. The lowest BCUT2D eigenvalue weighted by molar-refractivity contribution is -0.128. The second-order valence-electron chi connectivity index (χ2n) is 9.92. The van der Waals surface area contributed by atoms with Crippen LogP contribution in [0.4, 0.5) is 22.7 Å². The van der Waals surface area contributed by atoms with Crippen LogP contribution in [0, 0.1) is 0 Å². The summed E-state index contributed by atoms with van der Waals surface area (Å²) in [6.07, 6.45) is -0.0432. The highest BCUT2D eigenvalue weighted by molar-refractivity contribution is 8.15. The van der Waals surface area contributed by atoms with Crippen molar-refractivity contribution in [3.63, 3.8) is 0 Å². The molecule has 0 aromatic heterocycles. The number of carbonyl (C=O) groups is 4. The second-order valence-corrected chi connectivity index (χ2v) is 12.3. The van der Waals surface area contributed by atoms with Crippen molar-refractivity contribution < 1.29 is 19.2 Å². The summed E-state index contributed by atoms with van der Waals surface area (Å²) in [5.74, 6) is -0.953. The van der Waals surface area contributed by atoms with Crippen LogP contribution >= 0.6 is 23.5 Å². The molecule has 0 saturated carbocycles. The molecule has 0 radical (unpaired) electrons. The van der Waals surface area contributed by atoms with Gasteiger partial charge in [0.2, 0.25) is 23.6 Å². The largest absolute Gasteiger partial charge is 0.326 e. The van der Waals surface area contributed by atoms with E-state index in [1.807, 2.05) is 74.5 Å². The van der Waals surface area contributed by atoms with Gasteiger partial charge in [0.1, 0.15) is 10.5 Å². The van der Waals surface area contributed by atoms with Gasteiger partial charge in [-0.2, -0.15) is 0 Å². The molecule has 2 aliphatic rings. The van der Waals surface area contributed by atoms with Crippen LogP contribution in [-0.2, 0) is 19.2 Å². The molecule has 44 heavy (non-hydrogen) atoms. The zero-order valence-corrected chi connectivity index (χ0v) is 25.9. The van der Waals surface area contributed by atoms with Crippen LogP contribution in [0.5, 0.6) is 0 Å². The van der Waals surface area contributed by atoms with Crippen molar-refractivity contribution in [3.8, 4) is 0 Å². The number of nitrogens with zero attached hydrogens (tertiary/aromatic N) is 4. The Hall–Kier alpha value is -4.42. The maximum absolute atomic E-state index is 13.0. The normalized spacial score (nSPS) is 20.0. The fraction of sp³-hybridized carbons (Fsp3) is 0.250. The highest BCUT2D eigenvalue weighted by atomic mass is 32.2. The molecule has 2 N–H and O–H groups in total. The van der Waals surface area contributed by atoms with Gasteiger partial charge in [0, 0.05) is 37.3 Å². The molecule has 2 fully saturated rings. The maximum Gasteiger partial charge on any atom is 0.242 e. The first-order valence-corrected chi connectivity index (χ1v) is 16.0. The van der Waals surface area contributed by atoms with Crippen LogP contribution in [-0.4, -0.2) is 67.4 Å². The minimum Gasteiger partial charge on any atom is -0.326 e. The molecule has 226 valence electrons. The molecule has 0 unspecified atom stereocenters. The quantitative estimate of drug-likeness (QED) is 0.299. The third kappa shape index (κ3) is 7.56. The molecular formula is C32H32N6O4S2. The number of hydrogen-bond donors (Lipinski definition) is 2. The fourth-order valence-electron chi connectivity index (χ4n) is 4.69. The number of amides is 4. The van der Waals surface area contributed by atoms with Crippen LogP contribution in [0.1, 0.15) is 26.7 Å². The summed E-state index contributed by atoms with van der Waals surface area (Å²) in [6.45, 7) is 4.67. The Bertz CT molecular complexity index is 1480. The van der Waals surface area contributed by atoms with Gasteiger partial charge < -0.3 is 10.6 Å². The van der Waals surface area contributed by atoms with Crippen LogP contribution in [0.15, 0.2) is 94.9 Å². The summed E-state index contributed by atoms with van der Waals surface area (Å²) < 4.78 is 0.